The highest BCUT2D eigenvalue weighted by molar-refractivity contribution is 7.26. The van der Waals surface area contributed by atoms with Crippen LogP contribution in [0.25, 0.3) is 119 Å². The van der Waals surface area contributed by atoms with E-state index >= 15 is 0 Å². The van der Waals surface area contributed by atoms with E-state index in [4.69, 9.17) is 9.97 Å². The lowest BCUT2D eigenvalue weighted by Crippen LogP contribution is -1.97. The van der Waals surface area contributed by atoms with Crippen molar-refractivity contribution < 1.29 is 0 Å². The minimum Gasteiger partial charge on any atom is -0.228 e. The Kier molecular flexibility index (Phi) is 8.91. The van der Waals surface area contributed by atoms with E-state index in [-0.39, 0.29) is 0 Å². The zero-order valence-electron chi connectivity index (χ0n) is 33.5. The normalized spacial score (nSPS) is 11.5. The summed E-state index contributed by atoms with van der Waals surface area (Å²) in [5.74, 6) is 0.694. The number of benzene rings is 9. The Morgan fingerprint density at radius 1 is 0.242 bits per heavy atom. The molecule has 0 unspecified atom stereocenters. The Bertz CT molecular complexity index is 3620. The Balaban J connectivity index is 1.02. The zero-order chi connectivity index (χ0) is 41.0. The average Bonchev–Trinajstić information content (AvgIpc) is 3.92. The molecule has 0 aliphatic rings. The van der Waals surface area contributed by atoms with E-state index in [0.29, 0.717) is 5.82 Å². The van der Waals surface area contributed by atoms with Gasteiger partial charge in [0.15, 0.2) is 5.82 Å². The van der Waals surface area contributed by atoms with E-state index in [2.05, 4.69) is 212 Å². The van der Waals surface area contributed by atoms with Gasteiger partial charge in [0.2, 0.25) is 0 Å². The maximum absolute atomic E-state index is 5.34. The van der Waals surface area contributed by atoms with Crippen molar-refractivity contribution in [3.05, 3.63) is 218 Å². The van der Waals surface area contributed by atoms with Crippen LogP contribution in [0, 0.1) is 0 Å². The minimum atomic E-state index is 0.694. The maximum atomic E-state index is 5.34. The molecule has 0 saturated carbocycles. The summed E-state index contributed by atoms with van der Waals surface area (Å²) in [6, 6.07) is 78.8. The van der Waals surface area contributed by atoms with Crippen molar-refractivity contribution >= 4 is 63.0 Å². The van der Waals surface area contributed by atoms with Crippen LogP contribution in [0.4, 0.5) is 0 Å². The van der Waals surface area contributed by atoms with Crippen molar-refractivity contribution in [1.82, 2.24) is 9.97 Å². The molecule has 0 amide bonds. The van der Waals surface area contributed by atoms with Crippen LogP contribution in [0.15, 0.2) is 218 Å². The molecule has 0 N–H and O–H groups in total. The summed E-state index contributed by atoms with van der Waals surface area (Å²) < 4.78 is 5.22. The maximum Gasteiger partial charge on any atom is 0.160 e. The molecule has 62 heavy (non-hydrogen) atoms. The third-order valence-electron chi connectivity index (χ3n) is 11.9. The van der Waals surface area contributed by atoms with Gasteiger partial charge in [-0.1, -0.05) is 158 Å². The van der Waals surface area contributed by atoms with E-state index in [0.717, 1.165) is 39.2 Å². The van der Waals surface area contributed by atoms with E-state index in [1.165, 1.54) is 73.7 Å². The molecule has 0 fully saturated rings. The third kappa shape index (κ3) is 6.58. The van der Waals surface area contributed by atoms with Gasteiger partial charge in [0.25, 0.3) is 0 Å². The molecule has 4 heteroatoms. The standard InChI is InChI=1S/C58H36N2S2/c1-3-13-38(14-4-1)46-17-7-8-18-47(46)44-31-43(42-28-30-57-51(35-42)49-20-10-12-22-55(49)62-57)32-45(33-44)53-36-52(59-58(60-53)40-15-5-2-6-16-40)39-25-23-37(24-26-39)41-27-29-56-50(34-41)48-19-9-11-21-54(48)61-56/h1-36H. The number of rotatable bonds is 7. The average molecular weight is 825 g/mol. The number of thiophene rings is 2. The molecule has 0 aliphatic carbocycles. The van der Waals surface area contributed by atoms with Crippen LogP contribution < -0.4 is 0 Å². The number of fused-ring (bicyclic) bond motifs is 6. The third-order valence-corrected chi connectivity index (χ3v) is 14.2. The van der Waals surface area contributed by atoms with Crippen LogP contribution in [-0.2, 0) is 0 Å². The molecule has 0 aliphatic heterocycles. The molecule has 3 heterocycles. The number of nitrogens with zero attached hydrogens (tertiary/aromatic N) is 2. The van der Waals surface area contributed by atoms with Crippen LogP contribution in [0.5, 0.6) is 0 Å². The summed E-state index contributed by atoms with van der Waals surface area (Å²) in [4.78, 5) is 10.6. The molecule has 12 aromatic rings. The molecule has 12 rings (SSSR count). The second-order valence-electron chi connectivity index (χ2n) is 15.7. The SMILES string of the molecule is c1ccc(-c2nc(-c3ccc(-c4ccc5sc6ccccc6c5c4)cc3)cc(-c3cc(-c4ccc5sc6ccccc6c5c4)cc(-c4ccccc4-c4ccccc4)c3)n2)cc1. The van der Waals surface area contributed by atoms with E-state index in [1.807, 2.05) is 28.7 Å². The highest BCUT2D eigenvalue weighted by atomic mass is 32.1. The molecule has 0 atom stereocenters. The first kappa shape index (κ1) is 36.4. The molecule has 0 bridgehead atoms. The zero-order valence-corrected chi connectivity index (χ0v) is 35.1. The molecule has 3 aromatic heterocycles. The largest absolute Gasteiger partial charge is 0.228 e. The van der Waals surface area contributed by atoms with Crippen molar-refractivity contribution in [1.29, 1.82) is 0 Å². The van der Waals surface area contributed by atoms with Gasteiger partial charge >= 0.3 is 0 Å². The smallest absolute Gasteiger partial charge is 0.160 e. The second-order valence-corrected chi connectivity index (χ2v) is 17.9. The summed E-state index contributed by atoms with van der Waals surface area (Å²) >= 11 is 3.70. The van der Waals surface area contributed by atoms with Gasteiger partial charge in [-0.2, -0.15) is 0 Å². The van der Waals surface area contributed by atoms with E-state index < -0.39 is 0 Å². The molecule has 2 nitrogen and oxygen atoms in total. The van der Waals surface area contributed by atoms with Crippen molar-refractivity contribution in [3.8, 4) is 78.4 Å². The van der Waals surface area contributed by atoms with Gasteiger partial charge < -0.3 is 0 Å². The molecular weight excluding hydrogens is 789 g/mol. The highest BCUT2D eigenvalue weighted by Crippen LogP contribution is 2.42. The van der Waals surface area contributed by atoms with E-state index in [1.54, 1.807) is 0 Å². The number of hydrogen-bond acceptors (Lipinski definition) is 4. The second kappa shape index (κ2) is 15.2. The Morgan fingerprint density at radius 3 is 1.31 bits per heavy atom. The van der Waals surface area contributed by atoms with Crippen LogP contribution in [0.1, 0.15) is 0 Å². The van der Waals surface area contributed by atoms with Crippen LogP contribution >= 0.6 is 22.7 Å². The van der Waals surface area contributed by atoms with Gasteiger partial charge in [0.05, 0.1) is 11.4 Å². The van der Waals surface area contributed by atoms with Gasteiger partial charge in [0, 0.05) is 57.0 Å². The van der Waals surface area contributed by atoms with Crippen LogP contribution in [-0.4, -0.2) is 9.97 Å². The van der Waals surface area contributed by atoms with Gasteiger partial charge in [-0.15, -0.1) is 22.7 Å². The molecule has 9 aromatic carbocycles. The number of aromatic nitrogens is 2. The van der Waals surface area contributed by atoms with Gasteiger partial charge in [-0.05, 0) is 105 Å². The Labute approximate surface area is 367 Å². The Morgan fingerprint density at radius 2 is 0.677 bits per heavy atom. The van der Waals surface area contributed by atoms with Crippen molar-refractivity contribution in [2.24, 2.45) is 0 Å². The van der Waals surface area contributed by atoms with Gasteiger partial charge in [-0.25, -0.2) is 9.97 Å². The van der Waals surface area contributed by atoms with Gasteiger partial charge in [-0.3, -0.25) is 0 Å². The predicted molar refractivity (Wildman–Crippen MR) is 266 cm³/mol. The van der Waals surface area contributed by atoms with Crippen molar-refractivity contribution in [3.63, 3.8) is 0 Å². The minimum absolute atomic E-state index is 0.694. The highest BCUT2D eigenvalue weighted by Gasteiger charge is 2.17. The van der Waals surface area contributed by atoms with Crippen LogP contribution in [0.2, 0.25) is 0 Å². The fourth-order valence-electron chi connectivity index (χ4n) is 8.81. The lowest BCUT2D eigenvalue weighted by molar-refractivity contribution is 1.18. The molecule has 0 radical (unpaired) electrons. The van der Waals surface area contributed by atoms with E-state index in [9.17, 15) is 0 Å². The summed E-state index contributed by atoms with van der Waals surface area (Å²) in [5, 5.41) is 5.18. The molecule has 0 saturated heterocycles. The fraction of sp³-hybridized carbons (Fsp3) is 0. The van der Waals surface area contributed by atoms with Crippen molar-refractivity contribution in [2.75, 3.05) is 0 Å². The van der Waals surface area contributed by atoms with Gasteiger partial charge in [0.1, 0.15) is 0 Å². The first-order valence-electron chi connectivity index (χ1n) is 20.9. The molecular formula is C58H36N2S2. The fourth-order valence-corrected chi connectivity index (χ4v) is 11.0. The first-order valence-corrected chi connectivity index (χ1v) is 22.5. The summed E-state index contributed by atoms with van der Waals surface area (Å²) in [7, 11) is 0. The molecule has 290 valence electrons. The monoisotopic (exact) mass is 824 g/mol. The summed E-state index contributed by atoms with van der Waals surface area (Å²) in [5.41, 5.74) is 14.2. The topological polar surface area (TPSA) is 25.8 Å². The number of hydrogen-bond donors (Lipinski definition) is 0. The summed E-state index contributed by atoms with van der Waals surface area (Å²) in [6.07, 6.45) is 0. The van der Waals surface area contributed by atoms with Crippen molar-refractivity contribution in [2.45, 2.75) is 0 Å². The lowest BCUT2D eigenvalue weighted by Gasteiger charge is -2.15. The summed E-state index contributed by atoms with van der Waals surface area (Å²) in [6.45, 7) is 0. The molecule has 0 spiro atoms. The Hall–Kier alpha value is -7.50. The quantitative estimate of drug-likeness (QED) is 0.160. The van der Waals surface area contributed by atoms with Crippen LogP contribution in [0.3, 0.4) is 0 Å². The lowest BCUT2D eigenvalue weighted by atomic mass is 9.90. The predicted octanol–water partition coefficient (Wildman–Crippen LogP) is 16.9. The first-order chi connectivity index (χ1) is 30.7.